The van der Waals surface area contributed by atoms with Crippen molar-refractivity contribution in [2.24, 2.45) is 5.10 Å². The normalized spacial score (nSPS) is 10.8. The third-order valence-corrected chi connectivity index (χ3v) is 3.26. The maximum atomic E-state index is 10.9. The molecule has 128 valence electrons. The van der Waals surface area contributed by atoms with Gasteiger partial charge in [0.15, 0.2) is 5.11 Å². The Balaban J connectivity index is 1.88. The fourth-order valence-electron chi connectivity index (χ4n) is 1.94. The molecular formula is C17H16N4O3S. The molecule has 7 nitrogen and oxygen atoms in total. The van der Waals surface area contributed by atoms with E-state index in [1.165, 1.54) is 12.3 Å². The summed E-state index contributed by atoms with van der Waals surface area (Å²) in [4.78, 5) is 10.5. The molecule has 0 aromatic heterocycles. The van der Waals surface area contributed by atoms with E-state index in [0.717, 1.165) is 5.69 Å². The van der Waals surface area contributed by atoms with Crippen molar-refractivity contribution in [1.82, 2.24) is 5.43 Å². The number of hydrazone groups is 1. The Labute approximate surface area is 150 Å². The van der Waals surface area contributed by atoms with Gasteiger partial charge in [-0.15, -0.1) is 0 Å². The molecule has 0 fully saturated rings. The van der Waals surface area contributed by atoms with Gasteiger partial charge < -0.3 is 10.1 Å². The Kier molecular flexibility index (Phi) is 6.61. The summed E-state index contributed by atoms with van der Waals surface area (Å²) in [7, 11) is 1.59. The van der Waals surface area contributed by atoms with Crippen LogP contribution in [0.5, 0.6) is 5.75 Å². The van der Waals surface area contributed by atoms with E-state index in [4.69, 9.17) is 17.0 Å². The second-order valence-corrected chi connectivity index (χ2v) is 5.16. The Morgan fingerprint density at radius 3 is 2.84 bits per heavy atom. The third-order valence-electron chi connectivity index (χ3n) is 3.06. The Morgan fingerprint density at radius 1 is 1.28 bits per heavy atom. The van der Waals surface area contributed by atoms with E-state index < -0.39 is 4.92 Å². The molecule has 0 saturated carbocycles. The van der Waals surface area contributed by atoms with Crippen LogP contribution >= 0.6 is 12.2 Å². The van der Waals surface area contributed by atoms with E-state index in [9.17, 15) is 10.1 Å². The molecule has 8 heteroatoms. The van der Waals surface area contributed by atoms with Gasteiger partial charge in [0.1, 0.15) is 5.75 Å². The summed E-state index contributed by atoms with van der Waals surface area (Å²) in [5.41, 5.74) is 3.96. The molecule has 0 aliphatic carbocycles. The molecular weight excluding hydrogens is 340 g/mol. The molecule has 0 heterocycles. The van der Waals surface area contributed by atoms with Crippen LogP contribution in [0, 0.1) is 10.1 Å². The van der Waals surface area contributed by atoms with Crippen LogP contribution in [0.1, 0.15) is 5.56 Å². The number of thiocarbonyl (C=S) groups is 1. The van der Waals surface area contributed by atoms with Gasteiger partial charge >= 0.3 is 0 Å². The number of nitro benzene ring substituents is 1. The fraction of sp³-hybridized carbons (Fsp3) is 0.0588. The monoisotopic (exact) mass is 356 g/mol. The van der Waals surface area contributed by atoms with Gasteiger partial charge in [0.05, 0.1) is 17.6 Å². The minimum absolute atomic E-state index is 0.0373. The van der Waals surface area contributed by atoms with Gasteiger partial charge in [0, 0.05) is 24.0 Å². The average molecular weight is 356 g/mol. The van der Waals surface area contributed by atoms with Crippen molar-refractivity contribution in [3.8, 4) is 5.75 Å². The molecule has 0 aliphatic rings. The van der Waals surface area contributed by atoms with Gasteiger partial charge in [0.25, 0.3) is 5.69 Å². The molecule has 2 rings (SSSR count). The van der Waals surface area contributed by atoms with Gasteiger partial charge in [-0.05, 0) is 42.6 Å². The highest BCUT2D eigenvalue weighted by Gasteiger charge is 2.08. The van der Waals surface area contributed by atoms with Crippen molar-refractivity contribution in [1.29, 1.82) is 0 Å². The van der Waals surface area contributed by atoms with E-state index in [2.05, 4.69) is 15.8 Å². The highest BCUT2D eigenvalue weighted by atomic mass is 32.1. The highest BCUT2D eigenvalue weighted by molar-refractivity contribution is 7.80. The number of nitro groups is 1. The zero-order valence-electron chi connectivity index (χ0n) is 13.4. The van der Waals surface area contributed by atoms with Gasteiger partial charge in [0.2, 0.25) is 0 Å². The smallest absolute Gasteiger partial charge is 0.276 e. The molecule has 0 unspecified atom stereocenters. The van der Waals surface area contributed by atoms with Crippen LogP contribution in [0.4, 0.5) is 11.4 Å². The number of methoxy groups -OCH3 is 1. The summed E-state index contributed by atoms with van der Waals surface area (Å²) in [5, 5.41) is 18.1. The standard InChI is InChI=1S/C17H16N4O3S/c1-24-15-9-4-8-14(12-15)19-17(25)20-18-11-5-7-13-6-2-3-10-16(13)21(22)23/h2-12H,1H3,(H2,19,20,25)/b7-5+,18-11+. The molecule has 0 bridgehead atoms. The summed E-state index contributed by atoms with van der Waals surface area (Å²) >= 11 is 5.12. The first-order valence-corrected chi connectivity index (χ1v) is 7.65. The van der Waals surface area contributed by atoms with Crippen molar-refractivity contribution in [2.45, 2.75) is 0 Å². The van der Waals surface area contributed by atoms with Crippen LogP contribution in [-0.4, -0.2) is 23.4 Å². The van der Waals surface area contributed by atoms with Crippen LogP contribution < -0.4 is 15.5 Å². The van der Waals surface area contributed by atoms with Crippen LogP contribution in [0.2, 0.25) is 0 Å². The van der Waals surface area contributed by atoms with Crippen LogP contribution in [0.25, 0.3) is 6.08 Å². The lowest BCUT2D eigenvalue weighted by molar-refractivity contribution is -0.385. The number of allylic oxidation sites excluding steroid dienone is 1. The molecule has 2 aromatic carbocycles. The number of ether oxygens (including phenoxy) is 1. The molecule has 0 spiro atoms. The number of benzene rings is 2. The van der Waals surface area contributed by atoms with Crippen molar-refractivity contribution in [3.63, 3.8) is 0 Å². The quantitative estimate of drug-likeness (QED) is 0.356. The Bertz CT molecular complexity index is 821. The largest absolute Gasteiger partial charge is 0.497 e. The van der Waals surface area contributed by atoms with E-state index in [0.29, 0.717) is 16.4 Å². The summed E-state index contributed by atoms with van der Waals surface area (Å²) in [6.45, 7) is 0. The van der Waals surface area contributed by atoms with Crippen molar-refractivity contribution in [3.05, 3.63) is 70.3 Å². The lowest BCUT2D eigenvalue weighted by Gasteiger charge is -2.07. The first-order chi connectivity index (χ1) is 12.1. The molecule has 0 saturated heterocycles. The predicted molar refractivity (Wildman–Crippen MR) is 103 cm³/mol. The topological polar surface area (TPSA) is 88.8 Å². The zero-order chi connectivity index (χ0) is 18.1. The Hall–Kier alpha value is -3.26. The lowest BCUT2D eigenvalue weighted by Crippen LogP contribution is -2.23. The van der Waals surface area contributed by atoms with E-state index in [-0.39, 0.29) is 5.69 Å². The molecule has 0 atom stereocenters. The van der Waals surface area contributed by atoms with Crippen LogP contribution in [-0.2, 0) is 0 Å². The second kappa shape index (κ2) is 9.14. The maximum Gasteiger partial charge on any atom is 0.276 e. The van der Waals surface area contributed by atoms with Crippen molar-refractivity contribution < 1.29 is 9.66 Å². The zero-order valence-corrected chi connectivity index (χ0v) is 14.2. The first-order valence-electron chi connectivity index (χ1n) is 7.24. The molecule has 2 N–H and O–H groups in total. The number of para-hydroxylation sites is 1. The molecule has 0 aliphatic heterocycles. The van der Waals surface area contributed by atoms with Crippen molar-refractivity contribution >= 4 is 41.0 Å². The minimum atomic E-state index is -0.428. The highest BCUT2D eigenvalue weighted by Crippen LogP contribution is 2.18. The predicted octanol–water partition coefficient (Wildman–Crippen LogP) is 3.59. The van der Waals surface area contributed by atoms with E-state index in [1.54, 1.807) is 43.5 Å². The third kappa shape index (κ3) is 5.70. The summed E-state index contributed by atoms with van der Waals surface area (Å²) in [6, 6.07) is 13.8. The number of nitrogens with one attached hydrogen (secondary N) is 2. The van der Waals surface area contributed by atoms with Crippen molar-refractivity contribution in [2.75, 3.05) is 12.4 Å². The van der Waals surface area contributed by atoms with Gasteiger partial charge in [-0.3, -0.25) is 15.5 Å². The summed E-state index contributed by atoms with van der Waals surface area (Å²) in [6.07, 6.45) is 4.64. The molecule has 25 heavy (non-hydrogen) atoms. The summed E-state index contributed by atoms with van der Waals surface area (Å²) < 4.78 is 5.13. The number of nitrogens with zero attached hydrogens (tertiary/aromatic N) is 2. The lowest BCUT2D eigenvalue weighted by atomic mass is 10.2. The molecule has 0 amide bonds. The fourth-order valence-corrected chi connectivity index (χ4v) is 2.11. The average Bonchev–Trinajstić information content (AvgIpc) is 2.61. The summed E-state index contributed by atoms with van der Waals surface area (Å²) in [5.74, 6) is 0.712. The number of hydrogen-bond donors (Lipinski definition) is 2. The number of rotatable bonds is 6. The number of anilines is 1. The SMILES string of the molecule is COc1cccc(NC(=S)N/N=C/C=C/c2ccccc2[N+](=O)[O-])c1. The molecule has 0 radical (unpaired) electrons. The minimum Gasteiger partial charge on any atom is -0.497 e. The first kappa shape index (κ1) is 18.1. The maximum absolute atomic E-state index is 10.9. The Morgan fingerprint density at radius 2 is 2.08 bits per heavy atom. The molecule has 2 aromatic rings. The van der Waals surface area contributed by atoms with E-state index >= 15 is 0 Å². The van der Waals surface area contributed by atoms with Gasteiger partial charge in [-0.2, -0.15) is 5.10 Å². The van der Waals surface area contributed by atoms with Gasteiger partial charge in [-0.1, -0.05) is 18.2 Å². The van der Waals surface area contributed by atoms with E-state index in [1.807, 2.05) is 18.2 Å². The van der Waals surface area contributed by atoms with Crippen LogP contribution in [0.15, 0.2) is 59.7 Å². The number of hydrogen-bond acceptors (Lipinski definition) is 5. The van der Waals surface area contributed by atoms with Gasteiger partial charge in [-0.25, -0.2) is 0 Å². The van der Waals surface area contributed by atoms with Crippen LogP contribution in [0.3, 0.4) is 0 Å². The second-order valence-electron chi connectivity index (χ2n) is 4.75.